The number of allylic oxidation sites excluding steroid dienone is 3. The van der Waals surface area contributed by atoms with Crippen LogP contribution < -0.4 is 0 Å². The van der Waals surface area contributed by atoms with Crippen LogP contribution >= 0.6 is 7.82 Å². The minimum Gasteiger partial charge on any atom is -0.458 e. The van der Waals surface area contributed by atoms with E-state index in [1.54, 1.807) is 12.2 Å². The highest BCUT2D eigenvalue weighted by atomic mass is 31.2. The molecule has 1 aliphatic carbocycles. The number of carbonyl (C=O) groups is 2. The van der Waals surface area contributed by atoms with Crippen molar-refractivity contribution in [2.75, 3.05) is 13.2 Å². The van der Waals surface area contributed by atoms with Crippen molar-refractivity contribution in [1.29, 1.82) is 0 Å². The van der Waals surface area contributed by atoms with Crippen LogP contribution in [0.1, 0.15) is 245 Å². The Balaban J connectivity index is 2.37. The minimum atomic E-state index is -5.14. The van der Waals surface area contributed by atoms with E-state index < -0.39 is 75.7 Å². The maximum Gasteiger partial charge on any atom is 0.472 e. The molecule has 1 fully saturated rings. The number of phosphoric ester groups is 1. The van der Waals surface area contributed by atoms with Gasteiger partial charge in [0.25, 0.3) is 0 Å². The van der Waals surface area contributed by atoms with Crippen molar-refractivity contribution >= 4 is 19.8 Å². The lowest BCUT2D eigenvalue weighted by molar-refractivity contribution is -0.220. The third kappa shape index (κ3) is 35.1. The molecule has 0 amide bonds. The van der Waals surface area contributed by atoms with Crippen molar-refractivity contribution in [3.63, 3.8) is 0 Å². The predicted molar refractivity (Wildman–Crippen MR) is 267 cm³/mol. The fourth-order valence-corrected chi connectivity index (χ4v) is 9.53. The predicted octanol–water partition coefficient (Wildman–Crippen LogP) is 12.0. The van der Waals surface area contributed by atoms with E-state index in [4.69, 9.17) is 18.5 Å². The van der Waals surface area contributed by atoms with Gasteiger partial charge >= 0.3 is 19.8 Å². The number of aliphatic hydroxyl groups is 5. The maximum atomic E-state index is 12.8. The van der Waals surface area contributed by atoms with Gasteiger partial charge in [-0.25, -0.2) is 9.36 Å². The van der Waals surface area contributed by atoms with Gasteiger partial charge in [0.1, 0.15) is 43.2 Å². The molecule has 0 saturated heterocycles. The number of aliphatic hydroxyl groups excluding tert-OH is 5. The zero-order chi connectivity index (χ0) is 49.2. The van der Waals surface area contributed by atoms with Crippen LogP contribution in [0.5, 0.6) is 0 Å². The second kappa shape index (κ2) is 43.1. The Morgan fingerprint density at radius 2 is 0.851 bits per heavy atom. The molecule has 1 aliphatic rings. The smallest absolute Gasteiger partial charge is 0.458 e. The molecule has 0 spiro atoms. The number of ether oxygens (including phenoxy) is 2. The van der Waals surface area contributed by atoms with Crippen LogP contribution in [0.3, 0.4) is 0 Å². The van der Waals surface area contributed by atoms with Gasteiger partial charge in [0.05, 0.1) is 6.61 Å². The van der Waals surface area contributed by atoms with Crippen molar-refractivity contribution in [2.24, 2.45) is 0 Å². The van der Waals surface area contributed by atoms with E-state index in [0.29, 0.717) is 6.42 Å². The largest absolute Gasteiger partial charge is 0.472 e. The second-order valence-electron chi connectivity index (χ2n) is 19.2. The van der Waals surface area contributed by atoms with Crippen LogP contribution in [0, 0.1) is 0 Å². The van der Waals surface area contributed by atoms with Crippen molar-refractivity contribution in [3.8, 4) is 0 Å². The van der Waals surface area contributed by atoms with Gasteiger partial charge in [-0.15, -0.1) is 0 Å². The van der Waals surface area contributed by atoms with Crippen LogP contribution in [0.25, 0.3) is 0 Å². The van der Waals surface area contributed by atoms with Crippen molar-refractivity contribution in [2.45, 2.75) is 288 Å². The molecule has 1 rings (SSSR count). The van der Waals surface area contributed by atoms with Gasteiger partial charge < -0.3 is 39.9 Å². The fourth-order valence-electron chi connectivity index (χ4n) is 8.56. The van der Waals surface area contributed by atoms with Gasteiger partial charge in [0.2, 0.25) is 0 Å². The first-order valence-electron chi connectivity index (χ1n) is 27.2. The first kappa shape index (κ1) is 63.3. The van der Waals surface area contributed by atoms with Crippen LogP contribution in [0.2, 0.25) is 0 Å². The van der Waals surface area contributed by atoms with Crippen LogP contribution in [-0.4, -0.2) is 98.3 Å². The molecular weight excluding hydrogens is 876 g/mol. The summed E-state index contributed by atoms with van der Waals surface area (Å²) in [4.78, 5) is 35.7. The Morgan fingerprint density at radius 1 is 0.493 bits per heavy atom. The summed E-state index contributed by atoms with van der Waals surface area (Å²) < 4.78 is 33.5. The molecule has 0 aliphatic heterocycles. The summed E-state index contributed by atoms with van der Waals surface area (Å²) in [5.74, 6) is -1.34. The van der Waals surface area contributed by atoms with Gasteiger partial charge in [-0.1, -0.05) is 238 Å². The SMILES string of the molecule is CCCCCCCCCCCCC/C=C/C=C/C(=O)OC[C@H](COP(=O)(O)OC1C(O)C(O)C(O)[C@@H](O)C1O)OC(=O)CCCCCCCCCCCCCCCCCCCCCCCCC. The molecule has 6 unspecified atom stereocenters. The molecule has 6 N–H and O–H groups in total. The highest BCUT2D eigenvalue weighted by Gasteiger charge is 2.51. The molecule has 1 saturated carbocycles. The molecule has 13 nitrogen and oxygen atoms in total. The zero-order valence-corrected chi connectivity index (χ0v) is 43.1. The van der Waals surface area contributed by atoms with Gasteiger partial charge in [-0.3, -0.25) is 13.8 Å². The quantitative estimate of drug-likeness (QED) is 0.0110. The zero-order valence-electron chi connectivity index (χ0n) is 42.2. The summed E-state index contributed by atoms with van der Waals surface area (Å²) in [7, 11) is -5.14. The number of phosphoric acid groups is 1. The molecule has 67 heavy (non-hydrogen) atoms. The highest BCUT2D eigenvalue weighted by Crippen LogP contribution is 2.47. The Hall–Kier alpha value is -1.67. The summed E-state index contributed by atoms with van der Waals surface area (Å²) in [6, 6.07) is 0. The minimum absolute atomic E-state index is 0.0826. The van der Waals surface area contributed by atoms with E-state index >= 15 is 0 Å². The van der Waals surface area contributed by atoms with Crippen molar-refractivity contribution in [3.05, 3.63) is 24.3 Å². The first-order valence-corrected chi connectivity index (χ1v) is 28.7. The van der Waals surface area contributed by atoms with Crippen LogP contribution in [-0.2, 0) is 32.7 Å². The number of hydrogen-bond donors (Lipinski definition) is 6. The Labute approximate surface area is 406 Å². The summed E-state index contributed by atoms with van der Waals surface area (Å²) in [6.07, 6.45) is 37.2. The number of rotatable bonds is 46. The van der Waals surface area contributed by atoms with Gasteiger partial charge in [0, 0.05) is 12.5 Å². The number of carbonyl (C=O) groups excluding carboxylic acids is 2. The summed E-state index contributed by atoms with van der Waals surface area (Å²) in [5.41, 5.74) is 0. The van der Waals surface area contributed by atoms with Gasteiger partial charge in [0.15, 0.2) is 6.10 Å². The monoisotopic (exact) mass is 975 g/mol. The standard InChI is InChI=1S/C53H99O13P/c1-3-5-7-9-11-13-15-17-19-20-21-22-23-24-25-26-28-30-32-34-36-38-40-42-47(55)65-45(44-64-67(61,62)66-53-51(59)49(57)48(56)50(58)52(53)60)43-63-46(54)41-39-37-35-33-31-29-27-18-16-14-12-10-8-6-4-2/h35,37,39,41,45,48-53,56-60H,3-34,36,38,40,42-44H2,1-2H3,(H,61,62)/b37-35+,41-39+/t45-,48?,49-,50?,51?,52?,53?/m1/s1. The highest BCUT2D eigenvalue weighted by molar-refractivity contribution is 7.47. The molecular formula is C53H99O13P. The van der Waals surface area contributed by atoms with Crippen LogP contribution in [0.4, 0.5) is 0 Å². The van der Waals surface area contributed by atoms with E-state index in [9.17, 15) is 44.6 Å². The lowest BCUT2D eigenvalue weighted by atomic mass is 9.85. The molecule has 0 heterocycles. The number of esters is 2. The average Bonchev–Trinajstić information content (AvgIpc) is 3.31. The lowest BCUT2D eigenvalue weighted by Gasteiger charge is -2.41. The summed E-state index contributed by atoms with van der Waals surface area (Å²) in [5, 5.41) is 50.3. The lowest BCUT2D eigenvalue weighted by Crippen LogP contribution is -2.64. The Morgan fingerprint density at radius 3 is 1.25 bits per heavy atom. The number of unbranched alkanes of at least 4 members (excludes halogenated alkanes) is 33. The molecule has 394 valence electrons. The van der Waals surface area contributed by atoms with E-state index in [0.717, 1.165) is 44.9 Å². The third-order valence-electron chi connectivity index (χ3n) is 12.9. The molecule has 0 aromatic rings. The molecule has 14 heteroatoms. The van der Waals surface area contributed by atoms with Gasteiger partial charge in [-0.05, 0) is 19.3 Å². The number of hydrogen-bond acceptors (Lipinski definition) is 12. The molecule has 0 aromatic heterocycles. The topological polar surface area (TPSA) is 210 Å². The molecule has 8 atom stereocenters. The van der Waals surface area contributed by atoms with Crippen LogP contribution in [0.15, 0.2) is 24.3 Å². The van der Waals surface area contributed by atoms with E-state index in [-0.39, 0.29) is 6.42 Å². The van der Waals surface area contributed by atoms with Crippen molar-refractivity contribution in [1.82, 2.24) is 0 Å². The Kier molecular flexibility index (Phi) is 40.8. The summed E-state index contributed by atoms with van der Waals surface area (Å²) >= 11 is 0. The van der Waals surface area contributed by atoms with Gasteiger partial charge in [-0.2, -0.15) is 0 Å². The third-order valence-corrected chi connectivity index (χ3v) is 13.9. The summed E-state index contributed by atoms with van der Waals surface area (Å²) in [6.45, 7) is 3.24. The van der Waals surface area contributed by atoms with E-state index in [2.05, 4.69) is 13.8 Å². The van der Waals surface area contributed by atoms with Crippen molar-refractivity contribution < 1.29 is 63.1 Å². The average molecular weight is 975 g/mol. The normalized spacial score (nSPS) is 21.3. The molecule has 0 bridgehead atoms. The molecule has 0 radical (unpaired) electrons. The first-order chi connectivity index (χ1) is 32.4. The van der Waals surface area contributed by atoms with E-state index in [1.165, 1.54) is 179 Å². The van der Waals surface area contributed by atoms with E-state index in [1.807, 2.05) is 6.08 Å². The fraction of sp³-hybridized carbons (Fsp3) is 0.887. The second-order valence-corrected chi connectivity index (χ2v) is 20.6. The molecule has 0 aromatic carbocycles. The Bertz CT molecular complexity index is 1270. The maximum absolute atomic E-state index is 12.8.